The Kier molecular flexibility index (Phi) is 3.54. The molecule has 4 nitrogen and oxygen atoms in total. The Morgan fingerprint density at radius 1 is 1.18 bits per heavy atom. The summed E-state index contributed by atoms with van der Waals surface area (Å²) in [5, 5.41) is 0.698. The maximum absolute atomic E-state index is 11.7. The van der Waals surface area contributed by atoms with Gasteiger partial charge in [0.2, 0.25) is 5.91 Å². The van der Waals surface area contributed by atoms with Crippen LogP contribution in [0.1, 0.15) is 23.2 Å². The molecule has 0 unspecified atom stereocenters. The van der Waals surface area contributed by atoms with Crippen LogP contribution in [-0.2, 0) is 4.79 Å². The zero-order valence-electron chi connectivity index (χ0n) is 8.80. The van der Waals surface area contributed by atoms with Crippen LogP contribution in [-0.4, -0.2) is 11.8 Å². The zero-order chi connectivity index (χ0) is 12.4. The first-order valence-electron chi connectivity index (χ1n) is 5.13. The molecule has 0 spiro atoms. The van der Waals surface area contributed by atoms with Crippen LogP contribution in [0.5, 0.6) is 0 Å². The number of amides is 2. The minimum atomic E-state index is -0.458. The first-order chi connectivity index (χ1) is 8.08. The molecule has 17 heavy (non-hydrogen) atoms. The summed E-state index contributed by atoms with van der Waals surface area (Å²) in [5.41, 5.74) is 4.94. The average molecular weight is 273 g/mol. The second-order valence-electron chi connectivity index (χ2n) is 3.84. The third-order valence-corrected chi connectivity index (χ3v) is 2.97. The van der Waals surface area contributed by atoms with Crippen molar-refractivity contribution in [2.45, 2.75) is 12.8 Å². The standard InChI is InChI=1S/C11H10Cl2N2O2/c12-7-3-4-8(9(13)5-7)11(17)15-14-10(16)6-1-2-6/h3-6H,1-2H2,(H,14,16)(H,15,17). The van der Waals surface area contributed by atoms with Crippen molar-refractivity contribution >= 4 is 35.0 Å². The van der Waals surface area contributed by atoms with Gasteiger partial charge in [-0.1, -0.05) is 23.2 Å². The van der Waals surface area contributed by atoms with Crippen molar-refractivity contribution < 1.29 is 9.59 Å². The normalized spacial score (nSPS) is 14.2. The Bertz CT molecular complexity index is 473. The molecule has 2 rings (SSSR count). The molecule has 2 N–H and O–H groups in total. The summed E-state index contributed by atoms with van der Waals surface area (Å²) in [6.07, 6.45) is 1.76. The average Bonchev–Trinajstić information content (AvgIpc) is 3.09. The number of hydrogen-bond donors (Lipinski definition) is 2. The SMILES string of the molecule is O=C(NNC(=O)C1CC1)c1ccc(Cl)cc1Cl. The molecule has 1 aliphatic rings. The summed E-state index contributed by atoms with van der Waals surface area (Å²) in [4.78, 5) is 23.0. The van der Waals surface area contributed by atoms with Gasteiger partial charge >= 0.3 is 0 Å². The fraction of sp³-hybridized carbons (Fsp3) is 0.273. The largest absolute Gasteiger partial charge is 0.273 e. The highest BCUT2D eigenvalue weighted by Crippen LogP contribution is 2.28. The van der Waals surface area contributed by atoms with E-state index in [1.807, 2.05) is 0 Å². The lowest BCUT2D eigenvalue weighted by Gasteiger charge is -2.07. The van der Waals surface area contributed by atoms with Crippen molar-refractivity contribution in [1.82, 2.24) is 10.9 Å². The third kappa shape index (κ3) is 3.11. The number of hydrazine groups is 1. The number of nitrogens with one attached hydrogen (secondary N) is 2. The summed E-state index contributed by atoms with van der Waals surface area (Å²) in [6, 6.07) is 4.54. The second-order valence-corrected chi connectivity index (χ2v) is 4.69. The molecule has 1 saturated carbocycles. The molecular weight excluding hydrogens is 263 g/mol. The molecule has 90 valence electrons. The monoisotopic (exact) mass is 272 g/mol. The molecule has 0 heterocycles. The Morgan fingerprint density at radius 3 is 2.47 bits per heavy atom. The summed E-state index contributed by atoms with van der Waals surface area (Å²) in [6.45, 7) is 0. The Morgan fingerprint density at radius 2 is 1.88 bits per heavy atom. The smallest absolute Gasteiger partial charge is 0.271 e. The number of carbonyl (C=O) groups excluding carboxylic acids is 2. The zero-order valence-corrected chi connectivity index (χ0v) is 10.3. The maximum Gasteiger partial charge on any atom is 0.271 e. The first-order valence-corrected chi connectivity index (χ1v) is 5.89. The molecule has 0 bridgehead atoms. The number of carbonyl (C=O) groups is 2. The lowest BCUT2D eigenvalue weighted by Crippen LogP contribution is -2.42. The molecule has 2 amide bonds. The van der Waals surface area contributed by atoms with E-state index in [0.717, 1.165) is 12.8 Å². The molecule has 6 heteroatoms. The highest BCUT2D eigenvalue weighted by Gasteiger charge is 2.29. The van der Waals surface area contributed by atoms with Gasteiger partial charge in [0.1, 0.15) is 0 Å². The lowest BCUT2D eigenvalue weighted by molar-refractivity contribution is -0.123. The molecule has 1 aromatic carbocycles. The van der Waals surface area contributed by atoms with Crippen LogP contribution < -0.4 is 10.9 Å². The molecule has 0 aromatic heterocycles. The van der Waals surface area contributed by atoms with Crippen LogP contribution in [0.15, 0.2) is 18.2 Å². The van der Waals surface area contributed by atoms with Gasteiger partial charge in [0.05, 0.1) is 10.6 Å². The molecule has 0 aliphatic heterocycles. The highest BCUT2D eigenvalue weighted by atomic mass is 35.5. The van der Waals surface area contributed by atoms with E-state index in [1.165, 1.54) is 12.1 Å². The van der Waals surface area contributed by atoms with E-state index in [4.69, 9.17) is 23.2 Å². The Labute approximate surface area is 108 Å². The lowest BCUT2D eigenvalue weighted by atomic mass is 10.2. The van der Waals surface area contributed by atoms with E-state index in [-0.39, 0.29) is 22.4 Å². The second kappa shape index (κ2) is 4.94. The van der Waals surface area contributed by atoms with Crippen LogP contribution in [0.25, 0.3) is 0 Å². The number of benzene rings is 1. The van der Waals surface area contributed by atoms with E-state index in [2.05, 4.69) is 10.9 Å². The van der Waals surface area contributed by atoms with Gasteiger partial charge in [0.15, 0.2) is 0 Å². The van der Waals surface area contributed by atoms with Crippen LogP contribution in [0.3, 0.4) is 0 Å². The molecular formula is C11H10Cl2N2O2. The molecule has 0 saturated heterocycles. The van der Waals surface area contributed by atoms with Crippen LogP contribution in [0.4, 0.5) is 0 Å². The van der Waals surface area contributed by atoms with Crippen molar-refractivity contribution in [3.8, 4) is 0 Å². The van der Waals surface area contributed by atoms with E-state index in [1.54, 1.807) is 6.07 Å². The third-order valence-electron chi connectivity index (χ3n) is 2.42. The molecule has 1 aromatic rings. The highest BCUT2D eigenvalue weighted by molar-refractivity contribution is 6.36. The fourth-order valence-electron chi connectivity index (χ4n) is 1.31. The summed E-state index contributed by atoms with van der Waals surface area (Å²) >= 11 is 11.6. The molecule has 1 fully saturated rings. The molecule has 1 aliphatic carbocycles. The topological polar surface area (TPSA) is 58.2 Å². The summed E-state index contributed by atoms with van der Waals surface area (Å²) in [5.74, 6) is -0.583. The molecule has 0 atom stereocenters. The summed E-state index contributed by atoms with van der Waals surface area (Å²) < 4.78 is 0. The van der Waals surface area contributed by atoms with Crippen molar-refractivity contribution in [2.24, 2.45) is 5.92 Å². The maximum atomic E-state index is 11.7. The van der Waals surface area contributed by atoms with Crippen LogP contribution in [0, 0.1) is 5.92 Å². The van der Waals surface area contributed by atoms with Gasteiger partial charge in [-0.15, -0.1) is 0 Å². The van der Waals surface area contributed by atoms with Crippen LogP contribution in [0.2, 0.25) is 10.0 Å². The van der Waals surface area contributed by atoms with E-state index in [0.29, 0.717) is 5.02 Å². The van der Waals surface area contributed by atoms with E-state index < -0.39 is 5.91 Å². The van der Waals surface area contributed by atoms with Crippen molar-refractivity contribution in [2.75, 3.05) is 0 Å². The van der Waals surface area contributed by atoms with Gasteiger partial charge in [-0.3, -0.25) is 20.4 Å². The first kappa shape index (κ1) is 12.2. The minimum Gasteiger partial charge on any atom is -0.273 e. The Hall–Kier alpha value is -1.26. The minimum absolute atomic E-state index is 0.0380. The van der Waals surface area contributed by atoms with Gasteiger partial charge in [-0.05, 0) is 31.0 Å². The van der Waals surface area contributed by atoms with E-state index in [9.17, 15) is 9.59 Å². The fourth-order valence-corrected chi connectivity index (χ4v) is 1.80. The predicted octanol–water partition coefficient (Wildman–Crippen LogP) is 2.16. The summed E-state index contributed by atoms with van der Waals surface area (Å²) in [7, 11) is 0. The van der Waals surface area contributed by atoms with Crippen molar-refractivity contribution in [3.63, 3.8) is 0 Å². The van der Waals surface area contributed by atoms with E-state index >= 15 is 0 Å². The number of rotatable bonds is 2. The van der Waals surface area contributed by atoms with Crippen LogP contribution >= 0.6 is 23.2 Å². The number of hydrogen-bond acceptors (Lipinski definition) is 2. The quantitative estimate of drug-likeness (QED) is 0.811. The number of halogens is 2. The Balaban J connectivity index is 1.96. The van der Waals surface area contributed by atoms with Gasteiger partial charge in [0, 0.05) is 10.9 Å². The van der Waals surface area contributed by atoms with Gasteiger partial charge in [-0.25, -0.2) is 0 Å². The molecule has 0 radical (unpaired) electrons. The predicted molar refractivity (Wildman–Crippen MR) is 64.8 cm³/mol. The van der Waals surface area contributed by atoms with Gasteiger partial charge in [0.25, 0.3) is 5.91 Å². The van der Waals surface area contributed by atoms with Gasteiger partial charge < -0.3 is 0 Å². The van der Waals surface area contributed by atoms with Gasteiger partial charge in [-0.2, -0.15) is 0 Å². The van der Waals surface area contributed by atoms with Crippen molar-refractivity contribution in [3.05, 3.63) is 33.8 Å². The van der Waals surface area contributed by atoms with Crippen molar-refractivity contribution in [1.29, 1.82) is 0 Å².